The molecule has 0 aliphatic carbocycles. The first-order valence-electron chi connectivity index (χ1n) is 8.97. The van der Waals surface area contributed by atoms with Crippen LogP contribution in [0.4, 0.5) is 0 Å². The second-order valence-electron chi connectivity index (χ2n) is 6.82. The fraction of sp³-hybridized carbons (Fsp3) is 0.300. The number of hydrogen-bond acceptors (Lipinski definition) is 6. The summed E-state index contributed by atoms with van der Waals surface area (Å²) in [6.45, 7) is 5.45. The molecule has 0 N–H and O–H groups in total. The molecule has 0 amide bonds. The Balaban J connectivity index is 1.93. The third-order valence-corrected chi connectivity index (χ3v) is 6.64. The second-order valence-corrected chi connectivity index (χ2v) is 9.11. The van der Waals surface area contributed by atoms with E-state index in [1.807, 2.05) is 31.2 Å². The molecule has 0 saturated heterocycles. The van der Waals surface area contributed by atoms with Crippen molar-refractivity contribution < 1.29 is 17.7 Å². The number of hydrogen-bond donors (Lipinski definition) is 0. The van der Waals surface area contributed by atoms with Gasteiger partial charge in [-0.2, -0.15) is 9.29 Å². The van der Waals surface area contributed by atoms with E-state index in [0.29, 0.717) is 10.8 Å². The summed E-state index contributed by atoms with van der Waals surface area (Å²) in [5, 5.41) is 4.28. The van der Waals surface area contributed by atoms with Crippen molar-refractivity contribution in [3.8, 4) is 17.1 Å². The van der Waals surface area contributed by atoms with Gasteiger partial charge in [-0.15, -0.1) is 0 Å². The van der Waals surface area contributed by atoms with Gasteiger partial charge in [-0.25, -0.2) is 8.42 Å². The number of rotatable bonds is 7. The zero-order valence-corrected chi connectivity index (χ0v) is 18.2. The fourth-order valence-corrected chi connectivity index (χ4v) is 4.80. The summed E-state index contributed by atoms with van der Waals surface area (Å²) in [5.41, 5.74) is 1.91. The molecule has 1 heterocycles. The molecule has 2 aromatic carbocycles. The molecule has 0 spiro atoms. The largest absolute Gasteiger partial charge is 0.495 e. The van der Waals surface area contributed by atoms with Gasteiger partial charge in [-0.3, -0.25) is 0 Å². The minimum atomic E-state index is -3.93. The first kappa shape index (κ1) is 21.3. The highest BCUT2D eigenvalue weighted by Crippen LogP contribution is 2.31. The predicted molar refractivity (Wildman–Crippen MR) is 110 cm³/mol. The molecule has 1 aromatic heterocycles. The SMILES string of the molecule is COc1ccc(Cl)cc1S(=O)(=O)N(Cc1nc(-c2ccc(C)cc2)no1)C(C)C. The smallest absolute Gasteiger partial charge is 0.247 e. The molecular formula is C20H22ClN3O4S. The van der Waals surface area contributed by atoms with Crippen LogP contribution in [-0.4, -0.2) is 36.0 Å². The molecule has 9 heteroatoms. The molecular weight excluding hydrogens is 414 g/mol. The molecule has 29 heavy (non-hydrogen) atoms. The van der Waals surface area contributed by atoms with Crippen LogP contribution in [-0.2, 0) is 16.6 Å². The maximum atomic E-state index is 13.3. The van der Waals surface area contributed by atoms with Crippen molar-refractivity contribution >= 4 is 21.6 Å². The minimum Gasteiger partial charge on any atom is -0.495 e. The molecule has 154 valence electrons. The Kier molecular flexibility index (Phi) is 6.26. The van der Waals surface area contributed by atoms with Crippen LogP contribution < -0.4 is 4.74 Å². The van der Waals surface area contributed by atoms with Gasteiger partial charge in [0.25, 0.3) is 0 Å². The predicted octanol–water partition coefficient (Wildman–Crippen LogP) is 4.31. The average Bonchev–Trinajstić information content (AvgIpc) is 3.15. The molecule has 3 aromatic rings. The lowest BCUT2D eigenvalue weighted by atomic mass is 10.1. The van der Waals surface area contributed by atoms with Crippen LogP contribution in [0.15, 0.2) is 51.9 Å². The van der Waals surface area contributed by atoms with Crippen molar-refractivity contribution in [1.82, 2.24) is 14.4 Å². The summed E-state index contributed by atoms with van der Waals surface area (Å²) in [4.78, 5) is 4.34. The average molecular weight is 436 g/mol. The van der Waals surface area contributed by atoms with Crippen LogP contribution in [0, 0.1) is 6.92 Å². The van der Waals surface area contributed by atoms with Crippen molar-refractivity contribution in [1.29, 1.82) is 0 Å². The zero-order chi connectivity index (χ0) is 21.2. The number of nitrogens with zero attached hydrogens (tertiary/aromatic N) is 3. The van der Waals surface area contributed by atoms with Gasteiger partial charge >= 0.3 is 0 Å². The van der Waals surface area contributed by atoms with Crippen LogP contribution in [0.1, 0.15) is 25.3 Å². The first-order valence-corrected chi connectivity index (χ1v) is 10.8. The Bertz CT molecular complexity index is 1100. The number of methoxy groups -OCH3 is 1. The number of aromatic nitrogens is 2. The Morgan fingerprint density at radius 1 is 1.17 bits per heavy atom. The molecule has 0 aliphatic rings. The monoisotopic (exact) mass is 435 g/mol. The number of benzene rings is 2. The Hall–Kier alpha value is -2.42. The van der Waals surface area contributed by atoms with E-state index in [1.54, 1.807) is 19.9 Å². The van der Waals surface area contributed by atoms with Gasteiger partial charge in [0.15, 0.2) is 0 Å². The minimum absolute atomic E-state index is 0.0144. The number of aryl methyl sites for hydroxylation is 1. The lowest BCUT2D eigenvalue weighted by Crippen LogP contribution is -2.36. The van der Waals surface area contributed by atoms with Crippen LogP contribution >= 0.6 is 11.6 Å². The van der Waals surface area contributed by atoms with Crippen molar-refractivity contribution in [2.45, 2.75) is 38.3 Å². The Labute approximate surface area is 175 Å². The molecule has 3 rings (SSSR count). The van der Waals surface area contributed by atoms with E-state index in [-0.39, 0.29) is 29.1 Å². The third kappa shape index (κ3) is 4.60. The quantitative estimate of drug-likeness (QED) is 0.549. The third-order valence-electron chi connectivity index (χ3n) is 4.36. The summed E-state index contributed by atoms with van der Waals surface area (Å²) >= 11 is 6.03. The number of sulfonamides is 1. The van der Waals surface area contributed by atoms with E-state index >= 15 is 0 Å². The molecule has 0 bridgehead atoms. The lowest BCUT2D eigenvalue weighted by Gasteiger charge is -2.25. The van der Waals surface area contributed by atoms with Gasteiger partial charge < -0.3 is 9.26 Å². The normalized spacial score (nSPS) is 12.0. The summed E-state index contributed by atoms with van der Waals surface area (Å²) in [6.07, 6.45) is 0. The fourth-order valence-electron chi connectivity index (χ4n) is 2.80. The maximum absolute atomic E-state index is 13.3. The summed E-state index contributed by atoms with van der Waals surface area (Å²) in [7, 11) is -2.52. The Morgan fingerprint density at radius 2 is 1.86 bits per heavy atom. The van der Waals surface area contributed by atoms with Gasteiger partial charge in [0.2, 0.25) is 21.7 Å². The molecule has 0 unspecified atom stereocenters. The van der Waals surface area contributed by atoms with E-state index < -0.39 is 10.0 Å². The van der Waals surface area contributed by atoms with Gasteiger partial charge in [-0.05, 0) is 39.0 Å². The zero-order valence-electron chi connectivity index (χ0n) is 16.6. The van der Waals surface area contributed by atoms with Gasteiger partial charge in [0.05, 0.1) is 13.7 Å². The van der Waals surface area contributed by atoms with Gasteiger partial charge in [0, 0.05) is 16.6 Å². The first-order chi connectivity index (χ1) is 13.7. The highest BCUT2D eigenvalue weighted by atomic mass is 35.5. The van der Waals surface area contributed by atoms with Gasteiger partial charge in [-0.1, -0.05) is 46.6 Å². The molecule has 0 fully saturated rings. The van der Waals surface area contributed by atoms with Crippen LogP contribution in [0.2, 0.25) is 5.02 Å². The Morgan fingerprint density at radius 3 is 2.48 bits per heavy atom. The summed E-state index contributed by atoms with van der Waals surface area (Å²) in [5.74, 6) is 0.811. The van der Waals surface area contributed by atoms with Crippen molar-refractivity contribution in [3.05, 3.63) is 58.9 Å². The molecule has 0 saturated carbocycles. The highest BCUT2D eigenvalue weighted by molar-refractivity contribution is 7.89. The van der Waals surface area contributed by atoms with E-state index in [4.69, 9.17) is 20.9 Å². The topological polar surface area (TPSA) is 85.5 Å². The van der Waals surface area contributed by atoms with E-state index in [2.05, 4.69) is 10.1 Å². The highest BCUT2D eigenvalue weighted by Gasteiger charge is 2.32. The summed E-state index contributed by atoms with van der Waals surface area (Å²) < 4.78 is 38.5. The molecule has 0 radical (unpaired) electrons. The van der Waals surface area contributed by atoms with Crippen molar-refractivity contribution in [3.63, 3.8) is 0 Å². The van der Waals surface area contributed by atoms with Crippen LogP contribution in [0.25, 0.3) is 11.4 Å². The van der Waals surface area contributed by atoms with Crippen molar-refractivity contribution in [2.75, 3.05) is 7.11 Å². The number of ether oxygens (including phenoxy) is 1. The van der Waals surface area contributed by atoms with Crippen LogP contribution in [0.3, 0.4) is 0 Å². The van der Waals surface area contributed by atoms with E-state index in [0.717, 1.165) is 11.1 Å². The molecule has 7 nitrogen and oxygen atoms in total. The van der Waals surface area contributed by atoms with E-state index in [9.17, 15) is 8.42 Å². The standard InChI is InChI=1S/C20H22ClN3O4S/c1-13(2)24(29(25,26)18-11-16(21)9-10-17(18)27-4)12-19-22-20(23-28-19)15-7-5-14(3)6-8-15/h5-11,13H,12H2,1-4H3. The number of halogens is 1. The second kappa shape index (κ2) is 8.52. The lowest BCUT2D eigenvalue weighted by molar-refractivity contribution is 0.285. The molecule has 0 aliphatic heterocycles. The maximum Gasteiger partial charge on any atom is 0.247 e. The van der Waals surface area contributed by atoms with E-state index in [1.165, 1.54) is 23.5 Å². The van der Waals surface area contributed by atoms with Crippen LogP contribution in [0.5, 0.6) is 5.75 Å². The van der Waals surface area contributed by atoms with Crippen molar-refractivity contribution in [2.24, 2.45) is 0 Å². The molecule has 0 atom stereocenters. The van der Waals surface area contributed by atoms with Gasteiger partial charge in [0.1, 0.15) is 10.6 Å². The summed E-state index contributed by atoms with van der Waals surface area (Å²) in [6, 6.07) is 11.8.